The predicted octanol–water partition coefficient (Wildman–Crippen LogP) is 4.02. The summed E-state index contributed by atoms with van der Waals surface area (Å²) >= 11 is 3.13. The standard InChI is InChI=1S/C20H14BrF4N7O/c1-10(16-30-18(21)31-32(16)15-3-2-12(22)8-27-15)28-17(33)11-6-13(19(9-26)4-5-19)29-14(7-11)20(23,24)25/h2-3,6-8,10H,4-5H2,1H3,(H,28,33). The highest BCUT2D eigenvalue weighted by molar-refractivity contribution is 9.10. The Labute approximate surface area is 192 Å². The van der Waals surface area contributed by atoms with Crippen molar-refractivity contribution in [2.45, 2.75) is 37.4 Å². The molecule has 1 aliphatic carbocycles. The van der Waals surface area contributed by atoms with E-state index in [-0.39, 0.29) is 27.6 Å². The maximum Gasteiger partial charge on any atom is 0.433 e. The molecule has 1 unspecified atom stereocenters. The fourth-order valence-corrected chi connectivity index (χ4v) is 3.53. The highest BCUT2D eigenvalue weighted by Crippen LogP contribution is 2.47. The Morgan fingerprint density at radius 3 is 2.61 bits per heavy atom. The molecule has 3 aromatic rings. The first kappa shape index (κ1) is 22.8. The second-order valence-corrected chi connectivity index (χ2v) is 8.21. The van der Waals surface area contributed by atoms with Gasteiger partial charge >= 0.3 is 6.18 Å². The smallest absolute Gasteiger partial charge is 0.342 e. The lowest BCUT2D eigenvalue weighted by Gasteiger charge is -2.16. The molecule has 0 bridgehead atoms. The molecule has 33 heavy (non-hydrogen) atoms. The van der Waals surface area contributed by atoms with Gasteiger partial charge < -0.3 is 5.32 Å². The molecular formula is C20H14BrF4N7O. The maximum absolute atomic E-state index is 13.4. The Morgan fingerprint density at radius 2 is 2.03 bits per heavy atom. The molecular weight excluding hydrogens is 510 g/mol. The molecule has 1 amide bonds. The lowest BCUT2D eigenvalue weighted by Crippen LogP contribution is -2.29. The van der Waals surface area contributed by atoms with Crippen molar-refractivity contribution in [3.63, 3.8) is 0 Å². The van der Waals surface area contributed by atoms with Gasteiger partial charge in [-0.15, -0.1) is 5.10 Å². The molecule has 0 aliphatic heterocycles. The molecule has 170 valence electrons. The number of rotatable bonds is 5. The maximum atomic E-state index is 13.4. The number of hydrogen-bond acceptors (Lipinski definition) is 6. The first-order chi connectivity index (χ1) is 15.5. The summed E-state index contributed by atoms with van der Waals surface area (Å²) in [5.41, 5.74) is -2.73. The van der Waals surface area contributed by atoms with Gasteiger partial charge in [-0.25, -0.2) is 19.3 Å². The number of nitrogens with one attached hydrogen (secondary N) is 1. The first-order valence-corrected chi connectivity index (χ1v) is 10.4. The summed E-state index contributed by atoms with van der Waals surface area (Å²) in [7, 11) is 0. The molecule has 3 aromatic heterocycles. The quantitative estimate of drug-likeness (QED) is 0.505. The van der Waals surface area contributed by atoms with Crippen LogP contribution in [0.2, 0.25) is 0 Å². The molecule has 1 atom stereocenters. The van der Waals surface area contributed by atoms with Gasteiger partial charge in [0, 0.05) is 5.56 Å². The van der Waals surface area contributed by atoms with Crippen LogP contribution in [0.5, 0.6) is 0 Å². The van der Waals surface area contributed by atoms with Crippen LogP contribution in [-0.2, 0) is 11.6 Å². The monoisotopic (exact) mass is 523 g/mol. The lowest BCUT2D eigenvalue weighted by molar-refractivity contribution is -0.141. The second kappa shape index (κ2) is 8.18. The normalized spacial score (nSPS) is 15.5. The number of aromatic nitrogens is 5. The third-order valence-electron chi connectivity index (χ3n) is 5.10. The van der Waals surface area contributed by atoms with Gasteiger partial charge in [0.2, 0.25) is 4.73 Å². The lowest BCUT2D eigenvalue weighted by atomic mass is 10.0. The van der Waals surface area contributed by atoms with E-state index in [1.165, 1.54) is 22.9 Å². The number of alkyl halides is 3. The summed E-state index contributed by atoms with van der Waals surface area (Å²) in [4.78, 5) is 24.6. The minimum Gasteiger partial charge on any atom is -0.342 e. The predicted molar refractivity (Wildman–Crippen MR) is 108 cm³/mol. The van der Waals surface area contributed by atoms with E-state index < -0.39 is 35.1 Å². The van der Waals surface area contributed by atoms with Crippen molar-refractivity contribution in [1.29, 1.82) is 5.26 Å². The van der Waals surface area contributed by atoms with E-state index >= 15 is 0 Å². The zero-order valence-corrected chi connectivity index (χ0v) is 18.4. The molecule has 3 heterocycles. The Kier molecular flexibility index (Phi) is 5.65. The molecule has 0 spiro atoms. The number of nitriles is 1. The SMILES string of the molecule is CC(NC(=O)c1cc(C(F)(F)F)nc(C2(C#N)CC2)c1)c1nc(Br)nn1-c1ccc(F)cn1. The van der Waals surface area contributed by atoms with E-state index in [9.17, 15) is 27.6 Å². The molecule has 1 N–H and O–H groups in total. The van der Waals surface area contributed by atoms with Crippen molar-refractivity contribution in [1.82, 2.24) is 30.0 Å². The number of halogens is 5. The van der Waals surface area contributed by atoms with E-state index in [0.29, 0.717) is 18.9 Å². The van der Waals surface area contributed by atoms with Gasteiger partial charge in [-0.3, -0.25) is 4.79 Å². The van der Waals surface area contributed by atoms with Gasteiger partial charge in [-0.1, -0.05) is 0 Å². The van der Waals surface area contributed by atoms with Crippen molar-refractivity contribution in [2.75, 3.05) is 0 Å². The number of amides is 1. The van der Waals surface area contributed by atoms with Crippen molar-refractivity contribution < 1.29 is 22.4 Å². The van der Waals surface area contributed by atoms with Crippen molar-refractivity contribution in [3.05, 3.63) is 63.8 Å². The van der Waals surface area contributed by atoms with E-state index in [1.54, 1.807) is 6.92 Å². The van der Waals surface area contributed by atoms with Gasteiger partial charge in [0.05, 0.1) is 29.4 Å². The van der Waals surface area contributed by atoms with E-state index in [1.807, 2.05) is 6.07 Å². The molecule has 8 nitrogen and oxygen atoms in total. The van der Waals surface area contributed by atoms with Crippen molar-refractivity contribution in [2.24, 2.45) is 0 Å². The summed E-state index contributed by atoms with van der Waals surface area (Å²) < 4.78 is 54.8. The summed E-state index contributed by atoms with van der Waals surface area (Å²) in [5.74, 6) is -0.944. The topological polar surface area (TPSA) is 109 Å². The van der Waals surface area contributed by atoms with Crippen LogP contribution >= 0.6 is 15.9 Å². The van der Waals surface area contributed by atoms with Crippen LogP contribution in [0.1, 0.15) is 53.4 Å². The molecule has 4 rings (SSSR count). The van der Waals surface area contributed by atoms with Crippen LogP contribution in [0.15, 0.2) is 35.2 Å². The Balaban J connectivity index is 1.65. The molecule has 1 saturated carbocycles. The highest BCUT2D eigenvalue weighted by Gasteiger charge is 2.48. The van der Waals surface area contributed by atoms with Crippen LogP contribution < -0.4 is 5.32 Å². The molecule has 13 heteroatoms. The van der Waals surface area contributed by atoms with Gasteiger partial charge in [-0.05, 0) is 60.0 Å². The molecule has 1 fully saturated rings. The molecule has 0 saturated heterocycles. The number of nitrogens with zero attached hydrogens (tertiary/aromatic N) is 6. The number of carbonyl (C=O) groups is 1. The average Bonchev–Trinajstić information content (AvgIpc) is 3.48. The number of carbonyl (C=O) groups excluding carboxylic acids is 1. The van der Waals surface area contributed by atoms with E-state index in [0.717, 1.165) is 6.20 Å². The van der Waals surface area contributed by atoms with E-state index in [4.69, 9.17) is 0 Å². The Hall–Kier alpha value is -3.40. The Bertz CT molecular complexity index is 1260. The minimum absolute atomic E-state index is 0.0842. The third kappa shape index (κ3) is 4.56. The fourth-order valence-electron chi connectivity index (χ4n) is 3.19. The minimum atomic E-state index is -4.79. The van der Waals surface area contributed by atoms with Crippen LogP contribution in [0, 0.1) is 17.1 Å². The molecule has 0 aromatic carbocycles. The number of pyridine rings is 2. The molecule has 1 aliphatic rings. The van der Waals surface area contributed by atoms with E-state index in [2.05, 4.69) is 41.3 Å². The summed E-state index contributed by atoms with van der Waals surface area (Å²) in [6.07, 6.45) is -3.06. The zero-order valence-electron chi connectivity index (χ0n) is 16.9. The summed E-state index contributed by atoms with van der Waals surface area (Å²) in [6.45, 7) is 1.55. The number of hydrogen-bond donors (Lipinski definition) is 1. The van der Waals surface area contributed by atoms with Gasteiger partial charge in [0.25, 0.3) is 5.91 Å². The summed E-state index contributed by atoms with van der Waals surface area (Å²) in [5, 5.41) is 16.1. The van der Waals surface area contributed by atoms with Crippen molar-refractivity contribution >= 4 is 21.8 Å². The summed E-state index contributed by atoms with van der Waals surface area (Å²) in [6, 6.07) is 5.54. The van der Waals surface area contributed by atoms with Crippen LogP contribution in [0.25, 0.3) is 5.82 Å². The van der Waals surface area contributed by atoms with Crippen molar-refractivity contribution in [3.8, 4) is 11.9 Å². The third-order valence-corrected chi connectivity index (χ3v) is 5.44. The zero-order chi connectivity index (χ0) is 24.0. The molecule has 0 radical (unpaired) electrons. The van der Waals surface area contributed by atoms with Crippen LogP contribution in [-0.4, -0.2) is 30.6 Å². The average molecular weight is 524 g/mol. The van der Waals surface area contributed by atoms with Gasteiger partial charge in [0.1, 0.15) is 11.5 Å². The van der Waals surface area contributed by atoms with Gasteiger partial charge in [0.15, 0.2) is 11.6 Å². The fraction of sp³-hybridized carbons (Fsp3) is 0.300. The largest absolute Gasteiger partial charge is 0.433 e. The first-order valence-electron chi connectivity index (χ1n) is 9.59. The van der Waals surface area contributed by atoms with Crippen LogP contribution in [0.3, 0.4) is 0 Å². The van der Waals surface area contributed by atoms with Crippen LogP contribution in [0.4, 0.5) is 17.6 Å². The van der Waals surface area contributed by atoms with Gasteiger partial charge in [-0.2, -0.15) is 23.1 Å². The second-order valence-electron chi connectivity index (χ2n) is 7.50. The Morgan fingerprint density at radius 1 is 1.30 bits per heavy atom. The highest BCUT2D eigenvalue weighted by atomic mass is 79.9.